The summed E-state index contributed by atoms with van der Waals surface area (Å²) in [6.07, 6.45) is 18.9. The van der Waals surface area contributed by atoms with Gasteiger partial charge in [-0.2, -0.15) is 0 Å². The standard InChI is InChI=1S/C33H44N4O3/c1-2-3-4-5-6-7-8-11-14-37-26-13-10-9-12-25(26)29(38)28(31(37)40)30(39)36-32-34-21-27(35-32)33-18-22-15-23(19-33)17-24(16-22)20-33/h9-10,12-13,21-24,38H,2-8,11,14-20H2,1H3,(H2,34,35,36,39). The second-order valence-electron chi connectivity index (χ2n) is 13.0. The summed E-state index contributed by atoms with van der Waals surface area (Å²) in [6.45, 7) is 2.75. The molecule has 4 bridgehead atoms. The molecule has 1 aromatic carbocycles. The third-order valence-electron chi connectivity index (χ3n) is 10.0. The molecule has 4 aliphatic rings. The lowest BCUT2D eigenvalue weighted by Crippen LogP contribution is -2.48. The number of fused-ring (bicyclic) bond motifs is 1. The minimum absolute atomic E-state index is 0.137. The van der Waals surface area contributed by atoms with Crippen LogP contribution >= 0.6 is 0 Å². The number of hydrogen-bond donors (Lipinski definition) is 3. The maximum Gasteiger partial charge on any atom is 0.267 e. The number of pyridine rings is 1. The monoisotopic (exact) mass is 544 g/mol. The number of H-pyrrole nitrogens is 1. The number of aromatic nitrogens is 3. The van der Waals surface area contributed by atoms with Crippen molar-refractivity contribution in [3.63, 3.8) is 0 Å². The Balaban J connectivity index is 1.18. The third-order valence-corrected chi connectivity index (χ3v) is 10.0. The normalized spacial score (nSPS) is 25.1. The van der Waals surface area contributed by atoms with Crippen molar-refractivity contribution in [3.8, 4) is 5.75 Å². The van der Waals surface area contributed by atoms with Gasteiger partial charge in [0.1, 0.15) is 11.3 Å². The van der Waals surface area contributed by atoms with Crippen LogP contribution in [-0.4, -0.2) is 25.5 Å². The highest BCUT2D eigenvalue weighted by Gasteiger charge is 2.52. The molecule has 0 atom stereocenters. The molecule has 1 amide bonds. The van der Waals surface area contributed by atoms with Crippen LogP contribution in [0.25, 0.3) is 10.9 Å². The molecule has 0 aliphatic heterocycles. The number of carbonyl (C=O) groups excluding carboxylic acids is 1. The number of para-hydroxylation sites is 1. The van der Waals surface area contributed by atoms with Crippen LogP contribution in [0.4, 0.5) is 5.95 Å². The number of nitrogens with zero attached hydrogens (tertiary/aromatic N) is 2. The first kappa shape index (κ1) is 27.1. The number of nitrogens with one attached hydrogen (secondary N) is 2. The number of unbranched alkanes of at least 4 members (excludes halogenated alkanes) is 7. The Bertz CT molecular complexity index is 1390. The highest BCUT2D eigenvalue weighted by molar-refractivity contribution is 6.08. The fourth-order valence-electron chi connectivity index (χ4n) is 8.48. The average molecular weight is 545 g/mol. The fourth-order valence-corrected chi connectivity index (χ4v) is 8.48. The van der Waals surface area contributed by atoms with E-state index in [2.05, 4.69) is 22.2 Å². The van der Waals surface area contributed by atoms with E-state index in [-0.39, 0.29) is 16.7 Å². The number of carbonyl (C=O) groups is 1. The van der Waals surface area contributed by atoms with Crippen molar-refractivity contribution in [2.24, 2.45) is 17.8 Å². The number of benzene rings is 1. The van der Waals surface area contributed by atoms with Gasteiger partial charge < -0.3 is 14.7 Å². The van der Waals surface area contributed by atoms with Crippen LogP contribution in [-0.2, 0) is 12.0 Å². The van der Waals surface area contributed by atoms with Crippen LogP contribution in [0.15, 0.2) is 35.3 Å². The van der Waals surface area contributed by atoms with Crippen molar-refractivity contribution in [3.05, 3.63) is 52.1 Å². The highest BCUT2D eigenvalue weighted by Crippen LogP contribution is 2.60. The average Bonchev–Trinajstić information content (AvgIpc) is 3.40. The lowest BCUT2D eigenvalue weighted by Gasteiger charge is -2.56. The molecule has 7 nitrogen and oxygen atoms in total. The van der Waals surface area contributed by atoms with E-state index in [0.29, 0.717) is 23.4 Å². The van der Waals surface area contributed by atoms with Crippen LogP contribution in [0.2, 0.25) is 0 Å². The summed E-state index contributed by atoms with van der Waals surface area (Å²) in [5, 5.41) is 14.4. The van der Waals surface area contributed by atoms with Gasteiger partial charge >= 0.3 is 0 Å². The molecule has 2 aromatic heterocycles. The molecule has 2 heterocycles. The molecular weight excluding hydrogens is 500 g/mol. The molecule has 4 aliphatic carbocycles. The lowest BCUT2D eigenvalue weighted by molar-refractivity contribution is -0.00698. The molecule has 0 spiro atoms. The van der Waals surface area contributed by atoms with E-state index in [1.807, 2.05) is 24.4 Å². The molecule has 7 rings (SSSR count). The first-order chi connectivity index (χ1) is 19.5. The van der Waals surface area contributed by atoms with E-state index < -0.39 is 11.5 Å². The third kappa shape index (κ3) is 5.19. The molecule has 214 valence electrons. The molecule has 40 heavy (non-hydrogen) atoms. The van der Waals surface area contributed by atoms with Gasteiger partial charge in [-0.1, -0.05) is 64.0 Å². The largest absolute Gasteiger partial charge is 0.506 e. The predicted octanol–water partition coefficient (Wildman–Crippen LogP) is 7.29. The van der Waals surface area contributed by atoms with Crippen molar-refractivity contribution in [1.82, 2.24) is 14.5 Å². The zero-order chi connectivity index (χ0) is 27.7. The van der Waals surface area contributed by atoms with Gasteiger partial charge in [-0.05, 0) is 74.8 Å². The van der Waals surface area contributed by atoms with Crippen molar-refractivity contribution >= 4 is 22.8 Å². The zero-order valence-electron chi connectivity index (χ0n) is 23.9. The van der Waals surface area contributed by atoms with Gasteiger partial charge in [-0.15, -0.1) is 0 Å². The highest BCUT2D eigenvalue weighted by atomic mass is 16.3. The Morgan fingerprint density at radius 3 is 2.30 bits per heavy atom. The molecule has 3 N–H and O–H groups in total. The van der Waals surface area contributed by atoms with Crippen molar-refractivity contribution in [2.45, 2.75) is 109 Å². The van der Waals surface area contributed by atoms with Gasteiger partial charge in [0.15, 0.2) is 0 Å². The van der Waals surface area contributed by atoms with E-state index in [4.69, 9.17) is 0 Å². The van der Waals surface area contributed by atoms with Gasteiger partial charge in [0.05, 0.1) is 11.7 Å². The molecule has 4 fully saturated rings. The summed E-state index contributed by atoms with van der Waals surface area (Å²) in [4.78, 5) is 35.0. The Labute approximate surface area is 236 Å². The number of rotatable bonds is 12. The SMILES string of the molecule is CCCCCCCCCCn1c(=O)c(C(=O)Nc2ncc(C34CC5CC(CC(C5)C3)C4)[nH]2)c(O)c2ccccc21. The molecule has 0 radical (unpaired) electrons. The summed E-state index contributed by atoms with van der Waals surface area (Å²) < 4.78 is 1.66. The fraction of sp³-hybridized carbons (Fsp3) is 0.606. The van der Waals surface area contributed by atoms with Crippen LogP contribution in [0.3, 0.4) is 0 Å². The quantitative estimate of drug-likeness (QED) is 0.208. The summed E-state index contributed by atoms with van der Waals surface area (Å²) in [7, 11) is 0. The van der Waals surface area contributed by atoms with Gasteiger partial charge in [0, 0.05) is 23.0 Å². The zero-order valence-corrected chi connectivity index (χ0v) is 23.9. The Hall–Kier alpha value is -3.09. The first-order valence-corrected chi connectivity index (χ1v) is 15.7. The Morgan fingerprint density at radius 2 is 1.62 bits per heavy atom. The predicted molar refractivity (Wildman–Crippen MR) is 159 cm³/mol. The summed E-state index contributed by atoms with van der Waals surface area (Å²) in [6, 6.07) is 7.29. The molecular formula is C33H44N4O3. The van der Waals surface area contributed by atoms with Crippen molar-refractivity contribution in [2.75, 3.05) is 5.32 Å². The Kier molecular flexibility index (Phi) is 7.74. The number of anilines is 1. The minimum Gasteiger partial charge on any atom is -0.506 e. The summed E-state index contributed by atoms with van der Waals surface area (Å²) in [5.74, 6) is 1.88. The van der Waals surface area contributed by atoms with Gasteiger partial charge in [-0.3, -0.25) is 14.9 Å². The van der Waals surface area contributed by atoms with Gasteiger partial charge in [0.25, 0.3) is 11.5 Å². The molecule has 7 heteroatoms. The van der Waals surface area contributed by atoms with Crippen LogP contribution in [0.5, 0.6) is 5.75 Å². The maximum atomic E-state index is 13.6. The van der Waals surface area contributed by atoms with E-state index in [1.165, 1.54) is 70.6 Å². The number of imidazole rings is 1. The second-order valence-corrected chi connectivity index (χ2v) is 13.0. The molecule has 0 saturated heterocycles. The van der Waals surface area contributed by atoms with E-state index in [0.717, 1.165) is 42.7 Å². The van der Waals surface area contributed by atoms with Crippen LogP contribution in [0.1, 0.15) is 113 Å². The second kappa shape index (κ2) is 11.4. The number of hydrogen-bond acceptors (Lipinski definition) is 4. The van der Waals surface area contributed by atoms with E-state index >= 15 is 0 Å². The lowest BCUT2D eigenvalue weighted by atomic mass is 9.49. The van der Waals surface area contributed by atoms with E-state index in [1.54, 1.807) is 10.6 Å². The van der Waals surface area contributed by atoms with Crippen molar-refractivity contribution < 1.29 is 9.90 Å². The first-order valence-electron chi connectivity index (χ1n) is 15.7. The summed E-state index contributed by atoms with van der Waals surface area (Å²) >= 11 is 0. The smallest absolute Gasteiger partial charge is 0.267 e. The topological polar surface area (TPSA) is 100 Å². The molecule has 4 saturated carbocycles. The molecule has 0 unspecified atom stereocenters. The maximum absolute atomic E-state index is 13.6. The van der Waals surface area contributed by atoms with Gasteiger partial charge in [0.2, 0.25) is 5.95 Å². The number of aromatic amines is 1. The van der Waals surface area contributed by atoms with Crippen molar-refractivity contribution in [1.29, 1.82) is 0 Å². The number of amides is 1. The number of aryl methyl sites for hydroxylation is 1. The minimum atomic E-state index is -0.621. The van der Waals surface area contributed by atoms with E-state index in [9.17, 15) is 14.7 Å². The Morgan fingerprint density at radius 1 is 1.00 bits per heavy atom. The van der Waals surface area contributed by atoms with Crippen LogP contribution < -0.4 is 10.9 Å². The number of aromatic hydroxyl groups is 1. The van der Waals surface area contributed by atoms with Gasteiger partial charge in [-0.25, -0.2) is 4.98 Å². The van der Waals surface area contributed by atoms with Crippen LogP contribution in [0, 0.1) is 17.8 Å². The summed E-state index contributed by atoms with van der Waals surface area (Å²) in [5.41, 5.74) is 1.23. The molecule has 3 aromatic rings.